The number of piperazine rings is 1. The molecule has 0 atom stereocenters. The van der Waals surface area contributed by atoms with Gasteiger partial charge in [0.2, 0.25) is 5.91 Å². The van der Waals surface area contributed by atoms with Gasteiger partial charge < -0.3 is 15.1 Å². The molecule has 21 heavy (non-hydrogen) atoms. The van der Waals surface area contributed by atoms with Crippen molar-refractivity contribution in [1.82, 2.24) is 10.2 Å². The number of hydrogen-bond acceptors (Lipinski definition) is 3. The molecule has 0 spiro atoms. The summed E-state index contributed by atoms with van der Waals surface area (Å²) in [5.74, 6) is 0.191. The van der Waals surface area contributed by atoms with Gasteiger partial charge in [0.1, 0.15) is 0 Å². The normalized spacial score (nSPS) is 16.5. The first-order valence-corrected chi connectivity index (χ1v) is 7.60. The zero-order chi connectivity index (χ0) is 15.6. The van der Waals surface area contributed by atoms with Crippen LogP contribution in [-0.2, 0) is 11.3 Å². The number of nitrogens with one attached hydrogen (secondary N) is 1. The monoisotopic (exact) mass is 289 g/mol. The molecule has 4 nitrogen and oxygen atoms in total. The molecule has 0 aromatic heterocycles. The number of likely N-dealkylation sites (N-methyl/N-ethyl adjacent to an activating group) is 1. The number of carbonyl (C=O) groups is 1. The molecule has 1 aromatic carbocycles. The summed E-state index contributed by atoms with van der Waals surface area (Å²) in [5, 5.41) is 3.54. The highest BCUT2D eigenvalue weighted by atomic mass is 16.2. The Hall–Kier alpha value is -1.55. The van der Waals surface area contributed by atoms with E-state index < -0.39 is 0 Å². The SMILES string of the molecule is Cc1ccc(N2CCN(C)C(=O)C2)c(CNC(C)(C)C)c1. The van der Waals surface area contributed by atoms with Crippen molar-refractivity contribution in [2.75, 3.05) is 31.6 Å². The second-order valence-electron chi connectivity index (χ2n) is 6.97. The molecular weight excluding hydrogens is 262 g/mol. The van der Waals surface area contributed by atoms with E-state index in [0.717, 1.165) is 19.6 Å². The molecule has 1 aliphatic rings. The minimum atomic E-state index is 0.0823. The second kappa shape index (κ2) is 6.06. The van der Waals surface area contributed by atoms with Gasteiger partial charge in [-0.05, 0) is 39.3 Å². The van der Waals surface area contributed by atoms with Gasteiger partial charge in [0, 0.05) is 37.9 Å². The van der Waals surface area contributed by atoms with Gasteiger partial charge in [-0.25, -0.2) is 0 Å². The molecular formula is C17H27N3O. The van der Waals surface area contributed by atoms with Gasteiger partial charge in [-0.15, -0.1) is 0 Å². The Morgan fingerprint density at radius 2 is 1.95 bits per heavy atom. The number of anilines is 1. The van der Waals surface area contributed by atoms with Crippen molar-refractivity contribution in [3.63, 3.8) is 0 Å². The van der Waals surface area contributed by atoms with Crippen LogP contribution in [0.3, 0.4) is 0 Å². The summed E-state index contributed by atoms with van der Waals surface area (Å²) < 4.78 is 0. The van der Waals surface area contributed by atoms with E-state index in [1.165, 1.54) is 16.8 Å². The number of rotatable bonds is 3. The standard InChI is InChI=1S/C17H27N3O/c1-13-6-7-15(14(10-13)11-18-17(2,3)4)20-9-8-19(5)16(21)12-20/h6-7,10,18H,8-9,11-12H2,1-5H3. The highest BCUT2D eigenvalue weighted by Gasteiger charge is 2.23. The first-order valence-electron chi connectivity index (χ1n) is 7.60. The van der Waals surface area contributed by atoms with Crippen molar-refractivity contribution >= 4 is 11.6 Å². The van der Waals surface area contributed by atoms with E-state index in [0.29, 0.717) is 6.54 Å². The van der Waals surface area contributed by atoms with E-state index >= 15 is 0 Å². The summed E-state index contributed by atoms with van der Waals surface area (Å²) in [7, 11) is 1.87. The lowest BCUT2D eigenvalue weighted by atomic mass is 10.0. The topological polar surface area (TPSA) is 35.6 Å². The average molecular weight is 289 g/mol. The smallest absolute Gasteiger partial charge is 0.241 e. The van der Waals surface area contributed by atoms with E-state index in [2.05, 4.69) is 56.1 Å². The fourth-order valence-electron chi connectivity index (χ4n) is 2.49. The summed E-state index contributed by atoms with van der Waals surface area (Å²) >= 11 is 0. The molecule has 0 saturated carbocycles. The Labute approximate surface area is 128 Å². The van der Waals surface area contributed by atoms with Gasteiger partial charge >= 0.3 is 0 Å². The number of nitrogens with zero attached hydrogens (tertiary/aromatic N) is 2. The van der Waals surface area contributed by atoms with Crippen LogP contribution < -0.4 is 10.2 Å². The highest BCUT2D eigenvalue weighted by Crippen LogP contribution is 2.24. The molecule has 116 valence electrons. The molecule has 1 heterocycles. The molecule has 1 N–H and O–H groups in total. The maximum Gasteiger partial charge on any atom is 0.241 e. The number of benzene rings is 1. The van der Waals surface area contributed by atoms with Gasteiger partial charge in [-0.1, -0.05) is 17.7 Å². The predicted octanol–water partition coefficient (Wildman–Crippen LogP) is 2.16. The Balaban J connectivity index is 2.20. The fourth-order valence-corrected chi connectivity index (χ4v) is 2.49. The Morgan fingerprint density at radius 1 is 1.24 bits per heavy atom. The third kappa shape index (κ3) is 4.21. The van der Waals surface area contributed by atoms with Gasteiger partial charge in [0.05, 0.1) is 6.54 Å². The van der Waals surface area contributed by atoms with Crippen molar-refractivity contribution in [2.24, 2.45) is 0 Å². The molecule has 2 rings (SSSR count). The van der Waals surface area contributed by atoms with Crippen molar-refractivity contribution in [2.45, 2.75) is 39.8 Å². The molecule has 1 amide bonds. The second-order valence-corrected chi connectivity index (χ2v) is 6.97. The molecule has 0 radical (unpaired) electrons. The van der Waals surface area contributed by atoms with E-state index in [1.807, 2.05) is 7.05 Å². The van der Waals surface area contributed by atoms with Crippen LogP contribution in [0, 0.1) is 6.92 Å². The Bertz CT molecular complexity index is 519. The number of carbonyl (C=O) groups excluding carboxylic acids is 1. The summed E-state index contributed by atoms with van der Waals surface area (Å²) in [4.78, 5) is 15.9. The third-order valence-corrected chi connectivity index (χ3v) is 3.84. The maximum atomic E-state index is 11.9. The van der Waals surface area contributed by atoms with Crippen LogP contribution in [0.15, 0.2) is 18.2 Å². The molecule has 4 heteroatoms. The number of hydrogen-bond donors (Lipinski definition) is 1. The molecule has 0 bridgehead atoms. The zero-order valence-electron chi connectivity index (χ0n) is 13.9. The highest BCUT2D eigenvalue weighted by molar-refractivity contribution is 5.83. The van der Waals surface area contributed by atoms with Crippen LogP contribution in [-0.4, -0.2) is 43.0 Å². The van der Waals surface area contributed by atoms with Crippen molar-refractivity contribution < 1.29 is 4.79 Å². The first-order chi connectivity index (χ1) is 9.76. The summed E-state index contributed by atoms with van der Waals surface area (Å²) in [6, 6.07) is 6.49. The minimum Gasteiger partial charge on any atom is -0.360 e. The predicted molar refractivity (Wildman–Crippen MR) is 87.6 cm³/mol. The van der Waals surface area contributed by atoms with Crippen LogP contribution in [0.25, 0.3) is 0 Å². The van der Waals surface area contributed by atoms with E-state index in [4.69, 9.17) is 0 Å². The van der Waals surface area contributed by atoms with Crippen LogP contribution in [0.4, 0.5) is 5.69 Å². The third-order valence-electron chi connectivity index (χ3n) is 3.84. The Morgan fingerprint density at radius 3 is 2.57 bits per heavy atom. The summed E-state index contributed by atoms with van der Waals surface area (Å²) in [5.41, 5.74) is 3.78. The van der Waals surface area contributed by atoms with Crippen LogP contribution in [0.1, 0.15) is 31.9 Å². The fraction of sp³-hybridized carbons (Fsp3) is 0.588. The molecule has 0 aliphatic carbocycles. The summed E-state index contributed by atoms with van der Waals surface area (Å²) in [6.45, 7) is 11.6. The molecule has 0 unspecified atom stereocenters. The van der Waals surface area contributed by atoms with Gasteiger partial charge in [-0.3, -0.25) is 4.79 Å². The van der Waals surface area contributed by atoms with Gasteiger partial charge in [-0.2, -0.15) is 0 Å². The van der Waals surface area contributed by atoms with Crippen molar-refractivity contribution in [1.29, 1.82) is 0 Å². The van der Waals surface area contributed by atoms with Gasteiger partial charge in [0.25, 0.3) is 0 Å². The van der Waals surface area contributed by atoms with Crippen LogP contribution >= 0.6 is 0 Å². The lowest BCUT2D eigenvalue weighted by molar-refractivity contribution is -0.129. The largest absolute Gasteiger partial charge is 0.360 e. The minimum absolute atomic E-state index is 0.0823. The lowest BCUT2D eigenvalue weighted by Crippen LogP contribution is -2.49. The lowest BCUT2D eigenvalue weighted by Gasteiger charge is -2.35. The molecule has 1 aliphatic heterocycles. The Kier molecular flexibility index (Phi) is 4.57. The average Bonchev–Trinajstić information content (AvgIpc) is 2.39. The molecule has 1 saturated heterocycles. The molecule has 1 aromatic rings. The van der Waals surface area contributed by atoms with E-state index in [9.17, 15) is 4.79 Å². The quantitative estimate of drug-likeness (QED) is 0.926. The van der Waals surface area contributed by atoms with Crippen molar-refractivity contribution in [3.05, 3.63) is 29.3 Å². The number of amides is 1. The van der Waals surface area contributed by atoms with E-state index in [1.54, 1.807) is 4.90 Å². The molecule has 1 fully saturated rings. The van der Waals surface area contributed by atoms with Gasteiger partial charge in [0.15, 0.2) is 0 Å². The summed E-state index contributed by atoms with van der Waals surface area (Å²) in [6.07, 6.45) is 0. The van der Waals surface area contributed by atoms with E-state index in [-0.39, 0.29) is 11.4 Å². The first kappa shape index (κ1) is 15.8. The van der Waals surface area contributed by atoms with Crippen molar-refractivity contribution in [3.8, 4) is 0 Å². The number of aryl methyl sites for hydroxylation is 1. The zero-order valence-corrected chi connectivity index (χ0v) is 13.9. The van der Waals surface area contributed by atoms with Crippen LogP contribution in [0.2, 0.25) is 0 Å². The maximum absolute atomic E-state index is 11.9. The van der Waals surface area contributed by atoms with Crippen LogP contribution in [0.5, 0.6) is 0 Å².